The third-order valence-electron chi connectivity index (χ3n) is 4.62. The van der Waals surface area contributed by atoms with Crippen molar-refractivity contribution in [1.82, 2.24) is 5.43 Å². The smallest absolute Gasteiger partial charge is 0.256 e. The molecular formula is C17H27N3O2. The minimum absolute atomic E-state index is 0.158. The Labute approximate surface area is 132 Å². The summed E-state index contributed by atoms with van der Waals surface area (Å²) in [5.41, 5.74) is 4.39. The summed E-state index contributed by atoms with van der Waals surface area (Å²) in [6.07, 6.45) is 1.65. The highest BCUT2D eigenvalue weighted by atomic mass is 16.5. The molecule has 1 aromatic carbocycles. The fourth-order valence-corrected chi connectivity index (χ4v) is 3.78. The second kappa shape index (κ2) is 6.16. The summed E-state index contributed by atoms with van der Waals surface area (Å²) in [6.45, 7) is 8.57. The zero-order valence-corrected chi connectivity index (χ0v) is 14.1. The number of carbonyl (C=O) groups is 1. The van der Waals surface area contributed by atoms with Gasteiger partial charge in [-0.05, 0) is 44.2 Å². The average Bonchev–Trinajstić information content (AvgIpc) is 2.49. The third-order valence-corrected chi connectivity index (χ3v) is 4.62. The third kappa shape index (κ3) is 2.65. The number of benzene rings is 1. The van der Waals surface area contributed by atoms with Gasteiger partial charge in [0.25, 0.3) is 5.91 Å². The molecule has 22 heavy (non-hydrogen) atoms. The number of amides is 1. The molecule has 2 atom stereocenters. The van der Waals surface area contributed by atoms with Crippen molar-refractivity contribution in [2.24, 2.45) is 5.84 Å². The van der Waals surface area contributed by atoms with Crippen LogP contribution >= 0.6 is 0 Å². The molecule has 0 saturated heterocycles. The van der Waals surface area contributed by atoms with Crippen LogP contribution in [0, 0.1) is 0 Å². The van der Waals surface area contributed by atoms with Crippen LogP contribution in [-0.2, 0) is 4.79 Å². The largest absolute Gasteiger partial charge is 0.495 e. The van der Waals surface area contributed by atoms with Crippen LogP contribution in [0.5, 0.6) is 5.75 Å². The number of nitrogens with two attached hydrogens (primary N) is 1. The van der Waals surface area contributed by atoms with Gasteiger partial charge in [0.05, 0.1) is 12.8 Å². The van der Waals surface area contributed by atoms with E-state index in [0.29, 0.717) is 12.3 Å². The molecule has 0 spiro atoms. The number of nitrogens with one attached hydrogen (secondary N) is 1. The molecule has 0 radical (unpaired) electrons. The zero-order chi connectivity index (χ0) is 16.5. The maximum atomic E-state index is 12.3. The van der Waals surface area contributed by atoms with Gasteiger partial charge in [0.15, 0.2) is 0 Å². The van der Waals surface area contributed by atoms with Crippen molar-refractivity contribution >= 4 is 11.6 Å². The molecule has 3 N–H and O–H groups in total. The highest BCUT2D eigenvalue weighted by molar-refractivity contribution is 5.87. The summed E-state index contributed by atoms with van der Waals surface area (Å²) >= 11 is 0. The number of nitrogens with zero attached hydrogens (tertiary/aromatic N) is 1. The van der Waals surface area contributed by atoms with Crippen LogP contribution in [0.2, 0.25) is 0 Å². The Morgan fingerprint density at radius 1 is 1.55 bits per heavy atom. The lowest BCUT2D eigenvalue weighted by molar-refractivity contribution is -0.122. The number of anilines is 1. The van der Waals surface area contributed by atoms with E-state index in [0.717, 1.165) is 17.9 Å². The second-order valence-corrected chi connectivity index (χ2v) is 6.62. The molecule has 0 aliphatic carbocycles. The van der Waals surface area contributed by atoms with E-state index >= 15 is 0 Å². The van der Waals surface area contributed by atoms with E-state index in [1.165, 1.54) is 5.56 Å². The van der Waals surface area contributed by atoms with Crippen LogP contribution in [0.4, 0.5) is 5.69 Å². The summed E-state index contributed by atoms with van der Waals surface area (Å²) in [6, 6.07) is 5.77. The Hall–Kier alpha value is -1.75. The van der Waals surface area contributed by atoms with E-state index < -0.39 is 0 Å². The van der Waals surface area contributed by atoms with Gasteiger partial charge in [-0.25, -0.2) is 5.84 Å². The Morgan fingerprint density at radius 3 is 2.77 bits per heavy atom. The molecule has 5 nitrogen and oxygen atoms in total. The van der Waals surface area contributed by atoms with Crippen molar-refractivity contribution in [2.45, 2.75) is 58.0 Å². The molecule has 122 valence electrons. The number of rotatable bonds is 4. The number of para-hydroxylation sites is 1. The van der Waals surface area contributed by atoms with Gasteiger partial charge >= 0.3 is 0 Å². The normalized spacial score (nSPS) is 21.0. The molecule has 0 bridgehead atoms. The second-order valence-electron chi connectivity index (χ2n) is 6.62. The molecule has 0 fully saturated rings. The lowest BCUT2D eigenvalue weighted by Gasteiger charge is -2.50. The predicted molar refractivity (Wildman–Crippen MR) is 89.0 cm³/mol. The highest BCUT2D eigenvalue weighted by Gasteiger charge is 2.43. The van der Waals surface area contributed by atoms with Crippen LogP contribution in [0.25, 0.3) is 0 Å². The average molecular weight is 305 g/mol. The van der Waals surface area contributed by atoms with Gasteiger partial charge in [0.1, 0.15) is 11.8 Å². The van der Waals surface area contributed by atoms with Crippen LogP contribution in [0.15, 0.2) is 18.2 Å². The van der Waals surface area contributed by atoms with Gasteiger partial charge in [-0.3, -0.25) is 10.2 Å². The lowest BCUT2D eigenvalue weighted by atomic mass is 9.78. The van der Waals surface area contributed by atoms with Crippen molar-refractivity contribution in [3.63, 3.8) is 0 Å². The standard InChI is InChI=1S/C17H27N3O2/c1-6-13(16(21)19-18)20-15-12(8-7-9-14(15)22-5)11(2)10-17(20,3)4/h7-9,11,13H,6,10,18H2,1-5H3,(H,19,21)/t11-,13+/m1/s1. The fraction of sp³-hybridized carbons (Fsp3) is 0.588. The molecule has 2 rings (SSSR count). The molecule has 0 aromatic heterocycles. The van der Waals surface area contributed by atoms with Gasteiger partial charge < -0.3 is 9.64 Å². The summed E-state index contributed by atoms with van der Waals surface area (Å²) in [5, 5.41) is 0. The molecule has 1 heterocycles. The number of fused-ring (bicyclic) bond motifs is 1. The topological polar surface area (TPSA) is 67.6 Å². The van der Waals surface area contributed by atoms with Crippen LogP contribution in [0.1, 0.15) is 52.0 Å². The first-order valence-electron chi connectivity index (χ1n) is 7.84. The summed E-state index contributed by atoms with van der Waals surface area (Å²) < 4.78 is 5.59. The maximum absolute atomic E-state index is 12.3. The van der Waals surface area contributed by atoms with Crippen molar-refractivity contribution in [2.75, 3.05) is 12.0 Å². The molecule has 1 amide bonds. The minimum Gasteiger partial charge on any atom is -0.495 e. The van der Waals surface area contributed by atoms with E-state index in [2.05, 4.69) is 37.2 Å². The first-order chi connectivity index (χ1) is 10.4. The molecule has 1 aromatic rings. The maximum Gasteiger partial charge on any atom is 0.256 e. The van der Waals surface area contributed by atoms with Gasteiger partial charge in [-0.1, -0.05) is 26.0 Å². The fourth-order valence-electron chi connectivity index (χ4n) is 3.78. The Kier molecular flexibility index (Phi) is 4.66. The summed E-state index contributed by atoms with van der Waals surface area (Å²) in [7, 11) is 1.67. The minimum atomic E-state index is -0.317. The van der Waals surface area contributed by atoms with Crippen molar-refractivity contribution < 1.29 is 9.53 Å². The Balaban J connectivity index is 2.65. The Morgan fingerprint density at radius 2 is 2.23 bits per heavy atom. The SMILES string of the molecule is CC[C@@H](C(=O)NN)N1c2c(OC)cccc2[C@H](C)CC1(C)C. The van der Waals surface area contributed by atoms with Crippen LogP contribution < -0.4 is 20.9 Å². The Bertz CT molecular complexity index is 557. The number of hydrogen-bond donors (Lipinski definition) is 2. The van der Waals surface area contributed by atoms with Gasteiger partial charge in [0.2, 0.25) is 0 Å². The predicted octanol–water partition coefficient (Wildman–Crippen LogP) is 2.56. The van der Waals surface area contributed by atoms with Crippen molar-refractivity contribution in [3.05, 3.63) is 23.8 Å². The number of carbonyl (C=O) groups excluding carboxylic acids is 1. The van der Waals surface area contributed by atoms with Crippen LogP contribution in [-0.4, -0.2) is 24.6 Å². The van der Waals surface area contributed by atoms with Crippen molar-refractivity contribution in [3.8, 4) is 5.75 Å². The molecular weight excluding hydrogens is 278 g/mol. The first-order valence-corrected chi connectivity index (χ1v) is 7.84. The lowest BCUT2D eigenvalue weighted by Crippen LogP contribution is -2.59. The van der Waals surface area contributed by atoms with Gasteiger partial charge in [0, 0.05) is 5.54 Å². The van der Waals surface area contributed by atoms with Crippen LogP contribution in [0.3, 0.4) is 0 Å². The molecule has 1 aliphatic heterocycles. The number of hydrogen-bond acceptors (Lipinski definition) is 4. The van der Waals surface area contributed by atoms with E-state index in [9.17, 15) is 4.79 Å². The van der Waals surface area contributed by atoms with E-state index in [4.69, 9.17) is 10.6 Å². The summed E-state index contributed by atoms with van der Waals surface area (Å²) in [5.74, 6) is 6.46. The molecule has 0 unspecified atom stereocenters. The quantitative estimate of drug-likeness (QED) is 0.510. The number of methoxy groups -OCH3 is 1. The number of hydrazine groups is 1. The van der Waals surface area contributed by atoms with E-state index in [-0.39, 0.29) is 17.5 Å². The van der Waals surface area contributed by atoms with E-state index in [1.54, 1.807) is 7.11 Å². The van der Waals surface area contributed by atoms with E-state index in [1.807, 2.05) is 19.1 Å². The van der Waals surface area contributed by atoms with Gasteiger partial charge in [-0.2, -0.15) is 0 Å². The molecule has 1 aliphatic rings. The molecule has 5 heteroatoms. The monoisotopic (exact) mass is 305 g/mol. The van der Waals surface area contributed by atoms with Gasteiger partial charge in [-0.15, -0.1) is 0 Å². The first kappa shape index (κ1) is 16.6. The summed E-state index contributed by atoms with van der Waals surface area (Å²) in [4.78, 5) is 14.5. The zero-order valence-electron chi connectivity index (χ0n) is 14.1. The van der Waals surface area contributed by atoms with Crippen molar-refractivity contribution in [1.29, 1.82) is 0 Å². The molecule has 0 saturated carbocycles. The number of ether oxygens (including phenoxy) is 1. The highest BCUT2D eigenvalue weighted by Crippen LogP contribution is 2.48.